The van der Waals surface area contributed by atoms with Gasteiger partial charge in [0, 0.05) is 37.8 Å². The number of alkyl halides is 3. The number of nitrogens with one attached hydrogen (secondary N) is 1. The average molecular weight is 493 g/mol. The Bertz CT molecular complexity index is 1110. The van der Waals surface area contributed by atoms with Gasteiger partial charge in [0.1, 0.15) is 11.5 Å². The first-order valence-electron chi connectivity index (χ1n) is 10.9. The van der Waals surface area contributed by atoms with E-state index in [-0.39, 0.29) is 32.0 Å². The molecule has 1 unspecified atom stereocenters. The van der Waals surface area contributed by atoms with Gasteiger partial charge >= 0.3 is 12.1 Å². The largest absolute Gasteiger partial charge is 0.497 e. The van der Waals surface area contributed by atoms with Crippen LogP contribution in [-0.2, 0) is 20.9 Å². The molecule has 0 saturated carbocycles. The zero-order valence-corrected chi connectivity index (χ0v) is 19.5. The van der Waals surface area contributed by atoms with Crippen LogP contribution >= 0.6 is 0 Å². The number of hydrogen-bond acceptors (Lipinski definition) is 5. The number of rotatable bonds is 8. The Morgan fingerprint density at radius 2 is 1.89 bits per heavy atom. The first kappa shape index (κ1) is 25.9. The molecule has 1 aliphatic rings. The molecule has 0 spiro atoms. The Morgan fingerprint density at radius 1 is 1.14 bits per heavy atom. The van der Waals surface area contributed by atoms with Crippen molar-refractivity contribution in [1.82, 2.24) is 4.90 Å². The number of halogens is 3. The van der Waals surface area contributed by atoms with Crippen LogP contribution in [0.3, 0.4) is 0 Å². The molecule has 1 heterocycles. The Labute approximate surface area is 200 Å². The van der Waals surface area contributed by atoms with Crippen LogP contribution in [0.4, 0.5) is 24.5 Å². The third-order valence-electron chi connectivity index (χ3n) is 5.65. The van der Waals surface area contributed by atoms with Gasteiger partial charge in [0.2, 0.25) is 11.8 Å². The minimum absolute atomic E-state index is 0.0183. The third-order valence-corrected chi connectivity index (χ3v) is 5.65. The quantitative estimate of drug-likeness (QED) is 0.607. The van der Waals surface area contributed by atoms with Crippen LogP contribution in [0.5, 0.6) is 11.5 Å². The van der Waals surface area contributed by atoms with Crippen molar-refractivity contribution in [2.75, 3.05) is 37.5 Å². The molecule has 1 aliphatic heterocycles. The van der Waals surface area contributed by atoms with Crippen molar-refractivity contribution >= 4 is 29.1 Å². The summed E-state index contributed by atoms with van der Waals surface area (Å²) in [6.07, 6.45) is -4.98. The van der Waals surface area contributed by atoms with E-state index in [4.69, 9.17) is 9.47 Å². The molecular formula is C24H26F3N3O5. The molecule has 2 aromatic rings. The second-order valence-corrected chi connectivity index (χ2v) is 7.95. The average Bonchev–Trinajstić information content (AvgIpc) is 3.22. The van der Waals surface area contributed by atoms with E-state index in [2.05, 4.69) is 5.32 Å². The smallest absolute Gasteiger partial charge is 0.471 e. The van der Waals surface area contributed by atoms with Crippen LogP contribution in [0.25, 0.3) is 0 Å². The lowest BCUT2D eigenvalue weighted by Crippen LogP contribution is -2.40. The van der Waals surface area contributed by atoms with E-state index >= 15 is 0 Å². The monoisotopic (exact) mass is 493 g/mol. The van der Waals surface area contributed by atoms with E-state index in [1.54, 1.807) is 36.4 Å². The van der Waals surface area contributed by atoms with Gasteiger partial charge in [0.15, 0.2) is 0 Å². The summed E-state index contributed by atoms with van der Waals surface area (Å²) in [4.78, 5) is 39.3. The molecule has 188 valence electrons. The highest BCUT2D eigenvalue weighted by atomic mass is 19.4. The number of ether oxygens (including phenoxy) is 2. The van der Waals surface area contributed by atoms with Crippen molar-refractivity contribution in [3.63, 3.8) is 0 Å². The van der Waals surface area contributed by atoms with Crippen LogP contribution in [0.15, 0.2) is 42.5 Å². The molecule has 0 aromatic heterocycles. The van der Waals surface area contributed by atoms with E-state index < -0.39 is 23.9 Å². The van der Waals surface area contributed by atoms with Crippen LogP contribution in [0.1, 0.15) is 18.9 Å². The number of carbonyl (C=O) groups excluding carboxylic acids is 3. The maximum Gasteiger partial charge on any atom is 0.471 e. The summed E-state index contributed by atoms with van der Waals surface area (Å²) in [6.45, 7) is 1.19. The fourth-order valence-corrected chi connectivity index (χ4v) is 3.84. The fourth-order valence-electron chi connectivity index (χ4n) is 3.84. The van der Waals surface area contributed by atoms with Gasteiger partial charge in [0.05, 0.1) is 25.8 Å². The first-order chi connectivity index (χ1) is 16.6. The number of hydrogen-bond donors (Lipinski definition) is 1. The maximum atomic E-state index is 12.9. The van der Waals surface area contributed by atoms with Gasteiger partial charge in [-0.05, 0) is 36.8 Å². The molecule has 11 heteroatoms. The van der Waals surface area contributed by atoms with Gasteiger partial charge in [-0.25, -0.2) is 0 Å². The molecule has 1 atom stereocenters. The number of benzene rings is 2. The van der Waals surface area contributed by atoms with Gasteiger partial charge in [0.25, 0.3) is 0 Å². The minimum atomic E-state index is -4.96. The topological polar surface area (TPSA) is 88.2 Å². The highest BCUT2D eigenvalue weighted by Crippen LogP contribution is 2.36. The Morgan fingerprint density at radius 3 is 2.51 bits per heavy atom. The molecule has 2 aromatic carbocycles. The van der Waals surface area contributed by atoms with Gasteiger partial charge in [-0.3, -0.25) is 14.4 Å². The molecule has 35 heavy (non-hydrogen) atoms. The van der Waals surface area contributed by atoms with Crippen molar-refractivity contribution in [3.8, 4) is 11.5 Å². The zero-order valence-electron chi connectivity index (χ0n) is 19.5. The summed E-state index contributed by atoms with van der Waals surface area (Å²) in [7, 11) is 2.98. The van der Waals surface area contributed by atoms with Gasteiger partial charge in [-0.1, -0.05) is 12.1 Å². The van der Waals surface area contributed by atoms with Gasteiger partial charge < -0.3 is 24.6 Å². The Hall–Kier alpha value is -3.76. The van der Waals surface area contributed by atoms with Crippen LogP contribution in [0, 0.1) is 5.92 Å². The third kappa shape index (κ3) is 6.03. The molecule has 1 fully saturated rings. The maximum absolute atomic E-state index is 12.9. The van der Waals surface area contributed by atoms with Crippen molar-refractivity contribution in [1.29, 1.82) is 0 Å². The number of amides is 3. The number of methoxy groups -OCH3 is 2. The fraction of sp³-hybridized carbons (Fsp3) is 0.375. The van der Waals surface area contributed by atoms with Gasteiger partial charge in [-0.15, -0.1) is 0 Å². The molecule has 3 rings (SSSR count). The number of nitrogens with zero attached hydrogens (tertiary/aromatic N) is 2. The lowest BCUT2D eigenvalue weighted by molar-refractivity contribution is -0.185. The summed E-state index contributed by atoms with van der Waals surface area (Å²) < 4.78 is 48.9. The molecule has 8 nitrogen and oxygen atoms in total. The lowest BCUT2D eigenvalue weighted by atomic mass is 10.1. The molecule has 0 bridgehead atoms. The number of carbonyl (C=O) groups is 3. The van der Waals surface area contributed by atoms with Crippen molar-refractivity contribution in [2.45, 2.75) is 26.1 Å². The lowest BCUT2D eigenvalue weighted by Gasteiger charge is -2.22. The van der Waals surface area contributed by atoms with Crippen LogP contribution in [0.2, 0.25) is 0 Å². The Kier molecular flexibility index (Phi) is 7.88. The van der Waals surface area contributed by atoms with E-state index in [0.29, 0.717) is 33.3 Å². The van der Waals surface area contributed by atoms with E-state index in [1.807, 2.05) is 0 Å². The molecule has 1 N–H and O–H groups in total. The molecule has 3 amide bonds. The minimum Gasteiger partial charge on any atom is -0.497 e. The normalized spacial score (nSPS) is 15.7. The van der Waals surface area contributed by atoms with Crippen LogP contribution < -0.4 is 19.7 Å². The first-order valence-corrected chi connectivity index (χ1v) is 10.9. The summed E-state index contributed by atoms with van der Waals surface area (Å²) >= 11 is 0. The summed E-state index contributed by atoms with van der Waals surface area (Å²) in [5.74, 6) is -2.24. The molecular weight excluding hydrogens is 467 g/mol. The molecule has 1 saturated heterocycles. The zero-order chi connectivity index (χ0) is 25.8. The number of anilines is 2. The second-order valence-electron chi connectivity index (χ2n) is 7.95. The predicted molar refractivity (Wildman–Crippen MR) is 122 cm³/mol. The van der Waals surface area contributed by atoms with Gasteiger partial charge in [-0.2, -0.15) is 13.2 Å². The second kappa shape index (κ2) is 10.7. The van der Waals surface area contributed by atoms with E-state index in [9.17, 15) is 27.6 Å². The van der Waals surface area contributed by atoms with E-state index in [0.717, 1.165) is 0 Å². The van der Waals surface area contributed by atoms with Crippen molar-refractivity contribution in [3.05, 3.63) is 48.0 Å². The van der Waals surface area contributed by atoms with Crippen LogP contribution in [-0.4, -0.2) is 56.1 Å². The summed E-state index contributed by atoms with van der Waals surface area (Å²) in [6, 6.07) is 11.3. The predicted octanol–water partition coefficient (Wildman–Crippen LogP) is 3.61. The summed E-state index contributed by atoms with van der Waals surface area (Å²) in [5.41, 5.74) is 1.27. The van der Waals surface area contributed by atoms with Crippen molar-refractivity contribution < 1.29 is 37.0 Å². The molecule has 0 radical (unpaired) electrons. The summed E-state index contributed by atoms with van der Waals surface area (Å²) in [5, 5.41) is 2.72. The SMILES string of the molecule is CCN(Cc1cccc(NC(=O)C2CC(=O)N(c3cc(OC)ccc3OC)C2)c1)C(=O)C(F)(F)F. The van der Waals surface area contributed by atoms with E-state index in [1.165, 1.54) is 32.1 Å². The Balaban J connectivity index is 1.70. The molecule has 0 aliphatic carbocycles. The van der Waals surface area contributed by atoms with Crippen molar-refractivity contribution in [2.24, 2.45) is 5.92 Å². The highest BCUT2D eigenvalue weighted by Gasteiger charge is 2.42. The highest BCUT2D eigenvalue weighted by molar-refractivity contribution is 6.04. The standard InChI is InChI=1S/C24H26F3N3O5/c1-4-29(23(33)24(25,26)27)13-15-6-5-7-17(10-15)28-22(32)16-11-21(31)30(14-16)19-12-18(34-2)8-9-20(19)35-3/h5-10,12,16H,4,11,13-14H2,1-3H3,(H,28,32).